The molecule has 0 fully saturated rings. The second-order valence-corrected chi connectivity index (χ2v) is 9.87. The molecule has 0 amide bonds. The Labute approximate surface area is 227 Å². The van der Waals surface area contributed by atoms with Gasteiger partial charge in [0.2, 0.25) is 0 Å². The summed E-state index contributed by atoms with van der Waals surface area (Å²) in [6.07, 6.45) is -0.964. The van der Waals surface area contributed by atoms with Gasteiger partial charge >= 0.3 is 0 Å². The van der Waals surface area contributed by atoms with Gasteiger partial charge in [-0.2, -0.15) is 4.52 Å². The molecule has 5 rings (SSSR count). The molecule has 0 aliphatic heterocycles. The third kappa shape index (κ3) is 5.22. The molecular formula is C31H33N5O3. The van der Waals surface area contributed by atoms with Gasteiger partial charge in [0.05, 0.1) is 29.6 Å². The van der Waals surface area contributed by atoms with Gasteiger partial charge in [-0.25, -0.2) is 4.98 Å². The number of hydrogen-bond donors (Lipinski definition) is 4. The molecule has 0 aliphatic carbocycles. The van der Waals surface area contributed by atoms with Crippen LogP contribution in [0.15, 0.2) is 89.7 Å². The molecule has 39 heavy (non-hydrogen) atoms. The van der Waals surface area contributed by atoms with Gasteiger partial charge in [0, 0.05) is 18.2 Å². The molecule has 2 aromatic heterocycles. The summed E-state index contributed by atoms with van der Waals surface area (Å²) >= 11 is 0. The minimum atomic E-state index is -0.964. The van der Waals surface area contributed by atoms with E-state index in [0.717, 1.165) is 22.4 Å². The fraction of sp³-hybridized carbons (Fsp3) is 0.226. The van der Waals surface area contributed by atoms with E-state index >= 15 is 0 Å². The van der Waals surface area contributed by atoms with E-state index in [4.69, 9.17) is 15.5 Å². The highest BCUT2D eigenvalue weighted by Crippen LogP contribution is 2.35. The first-order chi connectivity index (χ1) is 18.9. The molecule has 0 radical (unpaired) electrons. The summed E-state index contributed by atoms with van der Waals surface area (Å²) in [6.45, 7) is 4.05. The maximum Gasteiger partial charge on any atom is 0.280 e. The number of H-pyrrole nitrogens is 1. The number of aliphatic hydroxyl groups excluding tert-OH is 1. The molecule has 3 aromatic carbocycles. The number of ether oxygens (including phenoxy) is 1. The third-order valence-electron chi connectivity index (χ3n) is 6.97. The second-order valence-electron chi connectivity index (χ2n) is 9.87. The minimum Gasteiger partial charge on any atom is -0.497 e. The number of hydrogen-bond acceptors (Lipinski definition) is 6. The van der Waals surface area contributed by atoms with Crippen LogP contribution in [0.5, 0.6) is 5.75 Å². The lowest BCUT2D eigenvalue weighted by atomic mass is 10.0. The summed E-state index contributed by atoms with van der Waals surface area (Å²) in [7, 11) is 1.60. The van der Waals surface area contributed by atoms with Crippen LogP contribution in [0.2, 0.25) is 0 Å². The molecule has 0 aliphatic rings. The molecule has 0 saturated carbocycles. The first kappa shape index (κ1) is 26.4. The highest BCUT2D eigenvalue weighted by atomic mass is 16.5. The van der Waals surface area contributed by atoms with Crippen molar-refractivity contribution in [2.24, 2.45) is 11.7 Å². The summed E-state index contributed by atoms with van der Waals surface area (Å²) in [5.74, 6) is 0.751. The van der Waals surface area contributed by atoms with Crippen molar-refractivity contribution < 1.29 is 9.84 Å². The molecule has 8 nitrogen and oxygen atoms in total. The monoisotopic (exact) mass is 523 g/mol. The normalized spacial score (nSPS) is 13.1. The molecule has 0 bridgehead atoms. The largest absolute Gasteiger partial charge is 0.497 e. The molecule has 1 unspecified atom stereocenters. The standard InChI is InChI=1S/C31H33N5O3/c1-19(2)27(32)30(37)33-18-24-25(21-14-16-23(39-3)17-15-21)31(38)36-29(34-24)26(20-10-6-4-7-11-20)28(35-36)22-12-8-5-9-13-22/h4-17,19,27,30,33,35,37H,18,32H2,1-3H3/t27-,30?/m0/s1. The van der Waals surface area contributed by atoms with Crippen LogP contribution in [-0.2, 0) is 6.54 Å². The van der Waals surface area contributed by atoms with Gasteiger partial charge in [-0.15, -0.1) is 0 Å². The van der Waals surface area contributed by atoms with Crippen LogP contribution in [-0.4, -0.2) is 39.1 Å². The molecule has 5 N–H and O–H groups in total. The van der Waals surface area contributed by atoms with Crippen molar-refractivity contribution in [2.75, 3.05) is 7.11 Å². The molecule has 2 atom stereocenters. The van der Waals surface area contributed by atoms with Crippen LogP contribution in [0.25, 0.3) is 39.2 Å². The zero-order chi connectivity index (χ0) is 27.5. The van der Waals surface area contributed by atoms with Crippen LogP contribution in [0.3, 0.4) is 0 Å². The van der Waals surface area contributed by atoms with Crippen molar-refractivity contribution in [1.29, 1.82) is 0 Å². The van der Waals surface area contributed by atoms with E-state index in [1.807, 2.05) is 98.8 Å². The van der Waals surface area contributed by atoms with E-state index in [-0.39, 0.29) is 18.0 Å². The zero-order valence-electron chi connectivity index (χ0n) is 22.3. The molecular weight excluding hydrogens is 490 g/mol. The predicted octanol–water partition coefficient (Wildman–Crippen LogP) is 4.42. The Bertz CT molecular complexity index is 1610. The Balaban J connectivity index is 1.75. The SMILES string of the molecule is COc1ccc(-c2c(CNC(O)[C@@H](N)C(C)C)nc3c(-c4ccccc4)c(-c4ccccc4)[nH]n3c2=O)cc1. The van der Waals surface area contributed by atoms with Gasteiger partial charge in [-0.05, 0) is 29.2 Å². The first-order valence-corrected chi connectivity index (χ1v) is 13.0. The molecule has 0 saturated heterocycles. The number of aromatic nitrogens is 3. The van der Waals surface area contributed by atoms with E-state index in [0.29, 0.717) is 28.2 Å². The Morgan fingerprint density at radius 1 is 0.923 bits per heavy atom. The lowest BCUT2D eigenvalue weighted by molar-refractivity contribution is 0.0894. The fourth-order valence-corrected chi connectivity index (χ4v) is 4.69. The average molecular weight is 524 g/mol. The Kier molecular flexibility index (Phi) is 7.60. The molecule has 5 aromatic rings. The minimum absolute atomic E-state index is 0.0670. The van der Waals surface area contributed by atoms with E-state index in [9.17, 15) is 9.90 Å². The number of nitrogens with zero attached hydrogens (tertiary/aromatic N) is 2. The van der Waals surface area contributed by atoms with Crippen LogP contribution in [0.4, 0.5) is 0 Å². The van der Waals surface area contributed by atoms with Gasteiger partial charge in [0.15, 0.2) is 5.65 Å². The van der Waals surface area contributed by atoms with E-state index in [2.05, 4.69) is 10.4 Å². The van der Waals surface area contributed by atoms with Crippen molar-refractivity contribution in [3.05, 3.63) is 101 Å². The molecule has 2 heterocycles. The molecule has 8 heteroatoms. The lowest BCUT2D eigenvalue weighted by Crippen LogP contribution is -2.47. The summed E-state index contributed by atoms with van der Waals surface area (Å²) in [5, 5.41) is 17.1. The maximum absolute atomic E-state index is 14.2. The number of nitrogens with two attached hydrogens (primary N) is 1. The number of aromatic amines is 1. The summed E-state index contributed by atoms with van der Waals surface area (Å²) < 4.78 is 6.82. The summed E-state index contributed by atoms with van der Waals surface area (Å²) in [4.78, 5) is 19.2. The predicted molar refractivity (Wildman–Crippen MR) is 154 cm³/mol. The first-order valence-electron chi connectivity index (χ1n) is 13.0. The van der Waals surface area contributed by atoms with Crippen molar-refractivity contribution in [1.82, 2.24) is 19.9 Å². The third-order valence-corrected chi connectivity index (χ3v) is 6.97. The average Bonchev–Trinajstić information content (AvgIpc) is 3.36. The number of nitrogens with one attached hydrogen (secondary N) is 2. The number of fused-ring (bicyclic) bond motifs is 1. The molecule has 200 valence electrons. The number of benzene rings is 3. The van der Waals surface area contributed by atoms with Crippen LogP contribution in [0.1, 0.15) is 19.5 Å². The number of methoxy groups -OCH3 is 1. The summed E-state index contributed by atoms with van der Waals surface area (Å²) in [6, 6.07) is 26.6. The topological polar surface area (TPSA) is 118 Å². The van der Waals surface area contributed by atoms with Crippen molar-refractivity contribution >= 4 is 5.65 Å². The highest BCUT2D eigenvalue weighted by molar-refractivity contribution is 5.91. The smallest absolute Gasteiger partial charge is 0.280 e. The van der Waals surface area contributed by atoms with E-state index < -0.39 is 12.3 Å². The maximum atomic E-state index is 14.2. The van der Waals surface area contributed by atoms with Gasteiger partial charge in [0.25, 0.3) is 5.56 Å². The number of aliphatic hydroxyl groups is 1. The van der Waals surface area contributed by atoms with Crippen molar-refractivity contribution in [2.45, 2.75) is 32.7 Å². The van der Waals surface area contributed by atoms with Crippen LogP contribution >= 0.6 is 0 Å². The fourth-order valence-electron chi connectivity index (χ4n) is 4.69. The van der Waals surface area contributed by atoms with Gasteiger partial charge < -0.3 is 15.6 Å². The van der Waals surface area contributed by atoms with Gasteiger partial charge in [-0.1, -0.05) is 86.6 Å². The second kappa shape index (κ2) is 11.2. The van der Waals surface area contributed by atoms with Gasteiger partial charge in [-0.3, -0.25) is 15.2 Å². The lowest BCUT2D eigenvalue weighted by Gasteiger charge is -2.23. The Morgan fingerprint density at radius 2 is 1.51 bits per heavy atom. The Morgan fingerprint density at radius 3 is 2.10 bits per heavy atom. The molecule has 0 spiro atoms. The Hall–Kier alpha value is -4.24. The zero-order valence-corrected chi connectivity index (χ0v) is 22.3. The quantitative estimate of drug-likeness (QED) is 0.213. The number of rotatable bonds is 9. The van der Waals surface area contributed by atoms with Gasteiger partial charge in [0.1, 0.15) is 12.0 Å². The van der Waals surface area contributed by atoms with Crippen molar-refractivity contribution in [3.63, 3.8) is 0 Å². The van der Waals surface area contributed by atoms with Crippen LogP contribution in [0, 0.1) is 5.92 Å². The highest BCUT2D eigenvalue weighted by Gasteiger charge is 2.24. The summed E-state index contributed by atoms with van der Waals surface area (Å²) in [5.41, 5.74) is 11.5. The van der Waals surface area contributed by atoms with E-state index in [1.165, 1.54) is 4.52 Å². The van der Waals surface area contributed by atoms with Crippen molar-refractivity contribution in [3.8, 4) is 39.3 Å². The van der Waals surface area contributed by atoms with Crippen LogP contribution < -0.4 is 21.3 Å². The van der Waals surface area contributed by atoms with E-state index in [1.54, 1.807) is 7.11 Å².